The van der Waals surface area contributed by atoms with E-state index in [1.54, 1.807) is 0 Å². The average Bonchev–Trinajstić information content (AvgIpc) is 3.69. The molecule has 0 aliphatic rings. The highest BCUT2D eigenvalue weighted by Gasteiger charge is 2.22. The topological polar surface area (TPSA) is 35.6 Å². The molecule has 0 aliphatic heterocycles. The van der Waals surface area contributed by atoms with Gasteiger partial charge in [-0.25, -0.2) is 9.97 Å². The zero-order chi connectivity index (χ0) is 32.8. The molecular weight excluding hydrogens is 609 g/mol. The molecule has 232 valence electrons. The normalized spacial score (nSPS) is 12.0. The highest BCUT2D eigenvalue weighted by molar-refractivity contribution is 6.23. The Morgan fingerprint density at radius 1 is 0.360 bits per heavy atom. The molecule has 0 spiro atoms. The SMILES string of the molecule is c1ccc(-c2nc(-n3c4ccccc4c4cc5c6ccc7ccccc7c6n(-c6ccccc6)c5cc43)nc3c2ccc2ccccc23)cc1. The third kappa shape index (κ3) is 3.81. The summed E-state index contributed by atoms with van der Waals surface area (Å²) in [6.45, 7) is 0. The minimum Gasteiger partial charge on any atom is -0.309 e. The van der Waals surface area contributed by atoms with Crippen molar-refractivity contribution in [2.45, 2.75) is 0 Å². The number of aromatic nitrogens is 4. The molecule has 50 heavy (non-hydrogen) atoms. The molecule has 0 aliphatic carbocycles. The van der Waals surface area contributed by atoms with Gasteiger partial charge in [0, 0.05) is 49.0 Å². The first kappa shape index (κ1) is 27.2. The number of fused-ring (bicyclic) bond motifs is 11. The number of rotatable bonds is 3. The lowest BCUT2D eigenvalue weighted by Gasteiger charge is -2.13. The lowest BCUT2D eigenvalue weighted by molar-refractivity contribution is 1.02. The van der Waals surface area contributed by atoms with E-state index in [0.717, 1.165) is 55.2 Å². The van der Waals surface area contributed by atoms with Crippen LogP contribution in [0.4, 0.5) is 0 Å². The Labute approximate surface area is 287 Å². The van der Waals surface area contributed by atoms with E-state index >= 15 is 0 Å². The van der Waals surface area contributed by atoms with Crippen LogP contribution in [0.3, 0.4) is 0 Å². The number of para-hydroxylation sites is 2. The van der Waals surface area contributed by atoms with E-state index < -0.39 is 0 Å². The lowest BCUT2D eigenvalue weighted by atomic mass is 10.0. The third-order valence-electron chi connectivity index (χ3n) is 10.3. The Morgan fingerprint density at radius 3 is 1.76 bits per heavy atom. The first-order chi connectivity index (χ1) is 24.8. The summed E-state index contributed by atoms with van der Waals surface area (Å²) in [5.74, 6) is 0.658. The molecule has 3 heterocycles. The fourth-order valence-corrected chi connectivity index (χ4v) is 8.07. The molecule has 0 radical (unpaired) electrons. The second-order valence-corrected chi connectivity index (χ2v) is 13.0. The maximum atomic E-state index is 5.42. The number of nitrogens with zero attached hydrogens (tertiary/aromatic N) is 4. The molecule has 8 aromatic carbocycles. The maximum absolute atomic E-state index is 5.42. The van der Waals surface area contributed by atoms with E-state index in [1.165, 1.54) is 37.8 Å². The van der Waals surface area contributed by atoms with Gasteiger partial charge in [0.25, 0.3) is 0 Å². The van der Waals surface area contributed by atoms with Crippen LogP contribution in [0, 0.1) is 0 Å². The second-order valence-electron chi connectivity index (χ2n) is 13.0. The van der Waals surface area contributed by atoms with E-state index in [0.29, 0.717) is 5.95 Å². The largest absolute Gasteiger partial charge is 0.309 e. The van der Waals surface area contributed by atoms with Crippen molar-refractivity contribution in [3.63, 3.8) is 0 Å². The molecule has 0 bridgehead atoms. The highest BCUT2D eigenvalue weighted by atomic mass is 15.2. The fraction of sp³-hybridized carbons (Fsp3) is 0. The fourth-order valence-electron chi connectivity index (χ4n) is 8.07. The van der Waals surface area contributed by atoms with Gasteiger partial charge in [0.2, 0.25) is 5.95 Å². The Morgan fingerprint density at radius 2 is 0.960 bits per heavy atom. The van der Waals surface area contributed by atoms with Crippen LogP contribution in [0.25, 0.3) is 99.0 Å². The molecule has 0 saturated heterocycles. The minimum atomic E-state index is 0.658. The number of hydrogen-bond acceptors (Lipinski definition) is 2. The van der Waals surface area contributed by atoms with Crippen molar-refractivity contribution in [2.75, 3.05) is 0 Å². The van der Waals surface area contributed by atoms with Crippen LogP contribution in [0.15, 0.2) is 170 Å². The first-order valence-corrected chi connectivity index (χ1v) is 17.0. The van der Waals surface area contributed by atoms with Crippen molar-refractivity contribution in [3.05, 3.63) is 170 Å². The zero-order valence-corrected chi connectivity index (χ0v) is 27.0. The first-order valence-electron chi connectivity index (χ1n) is 17.0. The summed E-state index contributed by atoms with van der Waals surface area (Å²) in [5, 5.41) is 10.6. The van der Waals surface area contributed by atoms with E-state index in [9.17, 15) is 0 Å². The molecule has 0 saturated carbocycles. The maximum Gasteiger partial charge on any atom is 0.235 e. The summed E-state index contributed by atoms with van der Waals surface area (Å²) in [6, 6.07) is 60.6. The molecular formula is C46H28N4. The number of benzene rings is 8. The van der Waals surface area contributed by atoms with Gasteiger partial charge < -0.3 is 4.57 Å². The Balaban J connectivity index is 1.32. The molecule has 0 N–H and O–H groups in total. The number of hydrogen-bond donors (Lipinski definition) is 0. The van der Waals surface area contributed by atoms with Crippen molar-refractivity contribution in [2.24, 2.45) is 0 Å². The van der Waals surface area contributed by atoms with Crippen LogP contribution >= 0.6 is 0 Å². The molecule has 4 nitrogen and oxygen atoms in total. The van der Waals surface area contributed by atoms with Gasteiger partial charge in [-0.15, -0.1) is 0 Å². The van der Waals surface area contributed by atoms with Gasteiger partial charge in [0.1, 0.15) is 0 Å². The minimum absolute atomic E-state index is 0.658. The van der Waals surface area contributed by atoms with Gasteiger partial charge in [-0.3, -0.25) is 4.57 Å². The van der Waals surface area contributed by atoms with E-state index in [4.69, 9.17) is 9.97 Å². The van der Waals surface area contributed by atoms with E-state index in [1.807, 2.05) is 0 Å². The van der Waals surface area contributed by atoms with Crippen LogP contribution < -0.4 is 0 Å². The molecule has 0 fully saturated rings. The van der Waals surface area contributed by atoms with Crippen LogP contribution in [-0.2, 0) is 0 Å². The Kier molecular flexibility index (Phi) is 5.63. The van der Waals surface area contributed by atoms with Gasteiger partial charge in [-0.05, 0) is 47.2 Å². The highest BCUT2D eigenvalue weighted by Crippen LogP contribution is 2.42. The molecule has 0 atom stereocenters. The second kappa shape index (κ2) is 10.4. The van der Waals surface area contributed by atoms with Crippen molar-refractivity contribution in [1.29, 1.82) is 0 Å². The van der Waals surface area contributed by atoms with Crippen LogP contribution in [-0.4, -0.2) is 19.1 Å². The molecule has 11 rings (SSSR count). The van der Waals surface area contributed by atoms with E-state index in [-0.39, 0.29) is 0 Å². The zero-order valence-electron chi connectivity index (χ0n) is 27.0. The van der Waals surface area contributed by atoms with Crippen molar-refractivity contribution in [3.8, 4) is 22.9 Å². The summed E-state index contributed by atoms with van der Waals surface area (Å²) in [6.07, 6.45) is 0. The van der Waals surface area contributed by atoms with Crippen molar-refractivity contribution < 1.29 is 0 Å². The predicted molar refractivity (Wildman–Crippen MR) is 209 cm³/mol. The van der Waals surface area contributed by atoms with Gasteiger partial charge in [0.15, 0.2) is 0 Å². The quantitative estimate of drug-likeness (QED) is 0.181. The summed E-state index contributed by atoms with van der Waals surface area (Å²) < 4.78 is 4.70. The molecule has 0 unspecified atom stereocenters. The van der Waals surface area contributed by atoms with Crippen LogP contribution in [0.2, 0.25) is 0 Å². The monoisotopic (exact) mass is 636 g/mol. The summed E-state index contributed by atoms with van der Waals surface area (Å²) >= 11 is 0. The molecule has 0 amide bonds. The van der Waals surface area contributed by atoms with Crippen molar-refractivity contribution >= 4 is 76.1 Å². The van der Waals surface area contributed by atoms with E-state index in [2.05, 4.69) is 179 Å². The average molecular weight is 637 g/mol. The lowest BCUT2D eigenvalue weighted by Crippen LogP contribution is -2.04. The summed E-state index contributed by atoms with van der Waals surface area (Å²) in [4.78, 5) is 10.8. The molecule has 11 aromatic rings. The molecule has 3 aromatic heterocycles. The van der Waals surface area contributed by atoms with Crippen LogP contribution in [0.5, 0.6) is 0 Å². The van der Waals surface area contributed by atoms with Gasteiger partial charge in [-0.1, -0.05) is 133 Å². The van der Waals surface area contributed by atoms with Gasteiger partial charge >= 0.3 is 0 Å². The Hall–Kier alpha value is -6.78. The van der Waals surface area contributed by atoms with Gasteiger partial charge in [0.05, 0.1) is 33.3 Å². The summed E-state index contributed by atoms with van der Waals surface area (Å²) in [7, 11) is 0. The standard InChI is InChI=1S/C46H28N4/c1-3-15-31(16-4-1)43-37-26-24-29-13-7-9-19-33(29)44(37)48-46(47-43)50-40-22-12-11-21-35(40)38-27-39-36-25-23-30-14-8-10-20-34(30)45(36)49(41(39)28-42(38)50)32-17-5-2-6-18-32/h1-28H. The van der Waals surface area contributed by atoms with Gasteiger partial charge in [-0.2, -0.15) is 0 Å². The van der Waals surface area contributed by atoms with Crippen molar-refractivity contribution in [1.82, 2.24) is 19.1 Å². The van der Waals surface area contributed by atoms with Crippen LogP contribution in [0.1, 0.15) is 0 Å². The Bertz CT molecular complexity index is 3140. The third-order valence-corrected chi connectivity index (χ3v) is 10.3. The molecule has 4 heteroatoms. The summed E-state index contributed by atoms with van der Waals surface area (Å²) in [5.41, 5.74) is 8.58. The smallest absolute Gasteiger partial charge is 0.235 e. The predicted octanol–water partition coefficient (Wildman–Crippen LogP) is 11.8.